The molecule has 0 unspecified atom stereocenters. The summed E-state index contributed by atoms with van der Waals surface area (Å²) in [5.41, 5.74) is -1.20. The lowest BCUT2D eigenvalue weighted by Gasteiger charge is -2.40. The molecule has 0 amide bonds. The molecule has 2 nitrogen and oxygen atoms in total. The Kier molecular flexibility index (Phi) is 3.14. The van der Waals surface area contributed by atoms with Crippen LogP contribution in [0.25, 0.3) is 0 Å². The first kappa shape index (κ1) is 13.7. The van der Waals surface area contributed by atoms with E-state index in [2.05, 4.69) is 15.9 Å². The summed E-state index contributed by atoms with van der Waals surface area (Å²) in [4.78, 5) is -0.380. The van der Waals surface area contributed by atoms with Gasteiger partial charge in [-0.3, -0.25) is 0 Å². The van der Waals surface area contributed by atoms with Crippen LogP contribution in [0.2, 0.25) is 0 Å². The second-order valence-corrected chi connectivity index (χ2v) is 5.79. The number of halogens is 4. The first-order chi connectivity index (χ1) is 8.13. The molecule has 1 aromatic rings. The predicted octanol–water partition coefficient (Wildman–Crippen LogP) is 3.67. The van der Waals surface area contributed by atoms with Crippen molar-refractivity contribution in [3.05, 3.63) is 29.3 Å². The zero-order chi connectivity index (χ0) is 13.7. The monoisotopic (exact) mass is 324 g/mol. The molecule has 0 fully saturated rings. The second kappa shape index (κ2) is 4.13. The van der Waals surface area contributed by atoms with Crippen molar-refractivity contribution >= 4 is 15.9 Å². The molecular formula is C12H12BrF3O2. The van der Waals surface area contributed by atoms with Gasteiger partial charge in [-0.1, -0.05) is 22.0 Å². The fraction of sp³-hybridized carbons (Fsp3) is 0.500. The van der Waals surface area contributed by atoms with Crippen LogP contribution in [0.15, 0.2) is 18.2 Å². The number of ether oxygens (including phenoxy) is 1. The van der Waals surface area contributed by atoms with Crippen LogP contribution in [-0.2, 0) is 6.18 Å². The summed E-state index contributed by atoms with van der Waals surface area (Å²) in [7, 11) is 0. The van der Waals surface area contributed by atoms with Crippen molar-refractivity contribution in [2.75, 3.05) is 0 Å². The van der Waals surface area contributed by atoms with E-state index in [9.17, 15) is 18.3 Å². The largest absolute Gasteiger partial charge is 0.486 e. The van der Waals surface area contributed by atoms with Gasteiger partial charge >= 0.3 is 6.18 Å². The van der Waals surface area contributed by atoms with Gasteiger partial charge in [0.05, 0.1) is 16.5 Å². The molecule has 100 valence electrons. The number of alkyl halides is 4. The van der Waals surface area contributed by atoms with Crippen LogP contribution in [0.1, 0.15) is 31.1 Å². The fourth-order valence-electron chi connectivity index (χ4n) is 1.92. The molecule has 2 atom stereocenters. The first-order valence-electron chi connectivity index (χ1n) is 5.35. The molecule has 0 saturated heterocycles. The molecule has 0 radical (unpaired) electrons. The average Bonchev–Trinajstić information content (AvgIpc) is 2.23. The van der Waals surface area contributed by atoms with Crippen LogP contribution >= 0.6 is 15.9 Å². The number of aliphatic hydroxyl groups is 1. The Morgan fingerprint density at radius 3 is 2.50 bits per heavy atom. The van der Waals surface area contributed by atoms with Gasteiger partial charge in [0, 0.05) is 5.56 Å². The van der Waals surface area contributed by atoms with Crippen LogP contribution in [-0.4, -0.2) is 15.5 Å². The summed E-state index contributed by atoms with van der Waals surface area (Å²) in [6, 6.07) is 3.13. The summed E-state index contributed by atoms with van der Waals surface area (Å²) in [6.45, 7) is 3.41. The van der Waals surface area contributed by atoms with Crippen molar-refractivity contribution in [2.24, 2.45) is 0 Å². The highest BCUT2D eigenvalue weighted by Crippen LogP contribution is 2.45. The summed E-state index contributed by atoms with van der Waals surface area (Å²) >= 11 is 3.31. The molecule has 1 N–H and O–H groups in total. The smallest absolute Gasteiger partial charge is 0.416 e. The molecule has 1 aliphatic rings. The van der Waals surface area contributed by atoms with Gasteiger partial charge in [-0.2, -0.15) is 13.2 Å². The normalized spacial score (nSPS) is 26.4. The third kappa shape index (κ3) is 2.23. The first-order valence-corrected chi connectivity index (χ1v) is 6.27. The number of aliphatic hydroxyl groups excluding tert-OH is 1. The zero-order valence-electron chi connectivity index (χ0n) is 9.75. The van der Waals surface area contributed by atoms with Crippen LogP contribution in [0.5, 0.6) is 5.75 Å². The molecule has 0 bridgehead atoms. The topological polar surface area (TPSA) is 29.5 Å². The number of hydrogen-bond donors (Lipinski definition) is 1. The lowest BCUT2D eigenvalue weighted by molar-refractivity contribution is -0.137. The van der Waals surface area contributed by atoms with Crippen LogP contribution < -0.4 is 4.74 Å². The van der Waals surface area contributed by atoms with Gasteiger partial charge in [0.2, 0.25) is 0 Å². The molecular weight excluding hydrogens is 313 g/mol. The van der Waals surface area contributed by atoms with Crippen molar-refractivity contribution in [2.45, 2.75) is 36.6 Å². The highest BCUT2D eigenvalue weighted by Gasteiger charge is 2.42. The minimum atomic E-state index is -4.42. The highest BCUT2D eigenvalue weighted by molar-refractivity contribution is 9.09. The van der Waals surface area contributed by atoms with E-state index in [0.29, 0.717) is 5.56 Å². The van der Waals surface area contributed by atoms with Crippen LogP contribution in [0, 0.1) is 0 Å². The third-order valence-electron chi connectivity index (χ3n) is 2.97. The molecule has 0 aliphatic carbocycles. The van der Waals surface area contributed by atoms with Gasteiger partial charge in [-0.05, 0) is 26.0 Å². The van der Waals surface area contributed by atoms with E-state index in [-0.39, 0.29) is 10.6 Å². The maximum Gasteiger partial charge on any atom is 0.416 e. The minimum absolute atomic E-state index is 0.0815. The summed E-state index contributed by atoms with van der Waals surface area (Å²) in [5.74, 6) is 0.0815. The fourth-order valence-corrected chi connectivity index (χ4v) is 2.30. The van der Waals surface area contributed by atoms with E-state index in [4.69, 9.17) is 4.74 Å². The van der Waals surface area contributed by atoms with Crippen LogP contribution in [0.3, 0.4) is 0 Å². The number of fused-ring (bicyclic) bond motifs is 1. The van der Waals surface area contributed by atoms with Gasteiger partial charge in [0.1, 0.15) is 11.4 Å². The molecule has 1 heterocycles. The Labute approximate surface area is 111 Å². The minimum Gasteiger partial charge on any atom is -0.486 e. The van der Waals surface area contributed by atoms with E-state index >= 15 is 0 Å². The Bertz CT molecular complexity index is 471. The lowest BCUT2D eigenvalue weighted by Crippen LogP contribution is -2.45. The van der Waals surface area contributed by atoms with Crippen molar-refractivity contribution < 1.29 is 23.0 Å². The molecule has 2 rings (SSSR count). The van der Waals surface area contributed by atoms with Crippen molar-refractivity contribution in [3.8, 4) is 5.75 Å². The van der Waals surface area contributed by atoms with Gasteiger partial charge in [0.15, 0.2) is 0 Å². The van der Waals surface area contributed by atoms with Crippen molar-refractivity contribution in [1.29, 1.82) is 0 Å². The van der Waals surface area contributed by atoms with E-state index < -0.39 is 23.4 Å². The second-order valence-electron chi connectivity index (χ2n) is 4.80. The summed E-state index contributed by atoms with van der Waals surface area (Å²) in [6.07, 6.45) is -5.32. The van der Waals surface area contributed by atoms with Gasteiger partial charge < -0.3 is 9.84 Å². The van der Waals surface area contributed by atoms with E-state index in [1.807, 2.05) is 0 Å². The number of benzene rings is 1. The Hall–Kier alpha value is -0.750. The molecule has 0 aromatic heterocycles. The maximum absolute atomic E-state index is 12.6. The summed E-state index contributed by atoms with van der Waals surface area (Å²) in [5, 5.41) is 10.1. The van der Waals surface area contributed by atoms with E-state index in [1.165, 1.54) is 6.07 Å². The molecule has 1 aliphatic heterocycles. The lowest BCUT2D eigenvalue weighted by atomic mass is 9.91. The van der Waals surface area contributed by atoms with Gasteiger partial charge in [0.25, 0.3) is 0 Å². The third-order valence-corrected chi connectivity index (χ3v) is 4.58. The Morgan fingerprint density at radius 1 is 1.33 bits per heavy atom. The standard InChI is InChI=1S/C12H12BrF3O2/c1-11(2)10(13)9(17)7-4-3-6(12(14,15)16)5-8(7)18-11/h3-5,9-10,17H,1-2H3/t9-,10+/m0/s1. The van der Waals surface area contributed by atoms with Crippen molar-refractivity contribution in [1.82, 2.24) is 0 Å². The summed E-state index contributed by atoms with van der Waals surface area (Å²) < 4.78 is 43.3. The highest BCUT2D eigenvalue weighted by atomic mass is 79.9. The molecule has 18 heavy (non-hydrogen) atoms. The predicted molar refractivity (Wildman–Crippen MR) is 63.8 cm³/mol. The number of rotatable bonds is 0. The van der Waals surface area contributed by atoms with Gasteiger partial charge in [-0.15, -0.1) is 0 Å². The van der Waals surface area contributed by atoms with Crippen LogP contribution in [0.4, 0.5) is 13.2 Å². The molecule has 0 spiro atoms. The average molecular weight is 325 g/mol. The molecule has 1 aromatic carbocycles. The maximum atomic E-state index is 12.6. The molecule has 0 saturated carbocycles. The number of hydrogen-bond acceptors (Lipinski definition) is 2. The van der Waals surface area contributed by atoms with E-state index in [1.54, 1.807) is 13.8 Å². The Balaban J connectivity index is 2.49. The molecule has 6 heteroatoms. The quantitative estimate of drug-likeness (QED) is 0.738. The van der Waals surface area contributed by atoms with E-state index in [0.717, 1.165) is 12.1 Å². The SMILES string of the molecule is CC1(C)Oc2cc(C(F)(F)F)ccc2[C@H](O)[C@H]1Br. The van der Waals surface area contributed by atoms with Crippen molar-refractivity contribution in [3.63, 3.8) is 0 Å². The zero-order valence-corrected chi connectivity index (χ0v) is 11.3. The van der Waals surface area contributed by atoms with Gasteiger partial charge in [-0.25, -0.2) is 0 Å². The Morgan fingerprint density at radius 2 is 1.94 bits per heavy atom.